The maximum Gasteiger partial charge on any atom is 0.330 e. The zero-order chi connectivity index (χ0) is 34.2. The SMILES string of the molecule is COc1cc(CN2C[C@H]3CN4C(=O)[C@H](CC(=O)OC(C)(C)C)CCCCC/C=C\[C@@H]5C[C@@]5(C(=O)O)NC(=O)[C@@H]4[C@H]3C2)c2ccccc2n1. The molecule has 4 aliphatic rings. The second-order valence-corrected chi connectivity index (χ2v) is 15.0. The third kappa shape index (κ3) is 7.06. The molecule has 0 unspecified atom stereocenters. The number of carboxylic acids is 1. The average Bonchev–Trinajstić information content (AvgIpc) is 3.40. The van der Waals surface area contributed by atoms with Gasteiger partial charge < -0.3 is 24.8 Å². The number of pyridine rings is 1. The highest BCUT2D eigenvalue weighted by molar-refractivity contribution is 5.96. The number of fused-ring (bicyclic) bond motifs is 5. The van der Waals surface area contributed by atoms with Gasteiger partial charge in [0.1, 0.15) is 17.2 Å². The summed E-state index contributed by atoms with van der Waals surface area (Å²) in [5.41, 5.74) is -0.153. The number of amides is 2. The lowest BCUT2D eigenvalue weighted by molar-refractivity contribution is -0.159. The number of para-hydroxylation sites is 1. The summed E-state index contributed by atoms with van der Waals surface area (Å²) in [5, 5.41) is 14.2. The van der Waals surface area contributed by atoms with Crippen LogP contribution in [0.25, 0.3) is 10.9 Å². The molecular formula is C37H48N4O7. The van der Waals surface area contributed by atoms with Crippen LogP contribution in [0.4, 0.5) is 0 Å². The Kier molecular flexibility index (Phi) is 9.53. The molecule has 1 aromatic carbocycles. The predicted octanol–water partition coefficient (Wildman–Crippen LogP) is 4.33. The van der Waals surface area contributed by atoms with E-state index in [1.165, 1.54) is 0 Å². The second-order valence-electron chi connectivity index (χ2n) is 15.0. The van der Waals surface area contributed by atoms with E-state index in [1.54, 1.807) is 32.8 Å². The Morgan fingerprint density at radius 1 is 1.10 bits per heavy atom. The van der Waals surface area contributed by atoms with Crippen molar-refractivity contribution in [1.82, 2.24) is 20.1 Å². The number of nitrogens with one attached hydrogen (secondary N) is 1. The van der Waals surface area contributed by atoms with Crippen molar-refractivity contribution in [2.24, 2.45) is 23.7 Å². The third-order valence-corrected chi connectivity index (χ3v) is 10.4. The Bertz CT molecular complexity index is 1600. The molecule has 4 heterocycles. The van der Waals surface area contributed by atoms with E-state index < -0.39 is 40.9 Å². The Hall–Kier alpha value is -3.99. The Balaban J connectivity index is 1.29. The van der Waals surface area contributed by atoms with Crippen molar-refractivity contribution in [3.05, 3.63) is 48.0 Å². The summed E-state index contributed by atoms with van der Waals surface area (Å²) in [6.07, 6.45) is 8.05. The van der Waals surface area contributed by atoms with Gasteiger partial charge in [-0.1, -0.05) is 43.2 Å². The number of aromatic nitrogens is 1. The molecule has 0 radical (unpaired) electrons. The van der Waals surface area contributed by atoms with Gasteiger partial charge >= 0.3 is 11.9 Å². The number of esters is 1. The van der Waals surface area contributed by atoms with Crippen LogP contribution in [0.1, 0.15) is 71.3 Å². The van der Waals surface area contributed by atoms with Gasteiger partial charge in [-0.3, -0.25) is 19.3 Å². The van der Waals surface area contributed by atoms with Crippen molar-refractivity contribution >= 4 is 34.7 Å². The fourth-order valence-corrected chi connectivity index (χ4v) is 8.00. The average molecular weight is 661 g/mol. The van der Waals surface area contributed by atoms with Crippen molar-refractivity contribution in [3.63, 3.8) is 0 Å². The topological polar surface area (TPSA) is 138 Å². The number of carbonyl (C=O) groups excluding carboxylic acids is 3. The molecular weight excluding hydrogens is 612 g/mol. The van der Waals surface area contributed by atoms with Crippen LogP contribution in [-0.4, -0.2) is 87.6 Å². The molecule has 2 aromatic rings. The number of rotatable bonds is 6. The molecule has 6 rings (SSSR count). The zero-order valence-electron chi connectivity index (χ0n) is 28.4. The van der Waals surface area contributed by atoms with Crippen LogP contribution >= 0.6 is 0 Å². The molecule has 0 bridgehead atoms. The number of hydrogen-bond acceptors (Lipinski definition) is 8. The van der Waals surface area contributed by atoms with Gasteiger partial charge in [-0.05, 0) is 64.0 Å². The van der Waals surface area contributed by atoms with Crippen LogP contribution in [0.15, 0.2) is 42.5 Å². The number of nitrogens with zero attached hydrogens (tertiary/aromatic N) is 3. The van der Waals surface area contributed by atoms with Gasteiger partial charge in [-0.15, -0.1) is 0 Å². The number of benzene rings is 1. The van der Waals surface area contributed by atoms with E-state index in [0.717, 1.165) is 42.1 Å². The van der Waals surface area contributed by atoms with Gasteiger partial charge in [0.05, 0.1) is 19.0 Å². The smallest absolute Gasteiger partial charge is 0.330 e. The molecule has 1 aliphatic carbocycles. The molecule has 6 atom stereocenters. The van der Waals surface area contributed by atoms with Crippen molar-refractivity contribution < 1.29 is 33.8 Å². The summed E-state index contributed by atoms with van der Waals surface area (Å²) >= 11 is 0. The summed E-state index contributed by atoms with van der Waals surface area (Å²) in [5.74, 6) is -2.71. The van der Waals surface area contributed by atoms with Gasteiger partial charge in [0, 0.05) is 55.4 Å². The van der Waals surface area contributed by atoms with Crippen LogP contribution in [0, 0.1) is 23.7 Å². The van der Waals surface area contributed by atoms with E-state index in [4.69, 9.17) is 9.47 Å². The molecule has 11 heteroatoms. The second kappa shape index (κ2) is 13.5. The van der Waals surface area contributed by atoms with E-state index in [9.17, 15) is 24.3 Å². The van der Waals surface area contributed by atoms with Crippen molar-refractivity contribution in [2.45, 2.75) is 89.4 Å². The van der Waals surface area contributed by atoms with E-state index in [0.29, 0.717) is 44.9 Å². The minimum absolute atomic E-state index is 0.0106. The number of carboxylic acid groups (broad SMARTS) is 1. The van der Waals surface area contributed by atoms with Crippen molar-refractivity contribution in [2.75, 3.05) is 26.7 Å². The quantitative estimate of drug-likeness (QED) is 0.343. The van der Waals surface area contributed by atoms with Crippen LogP contribution < -0.4 is 10.1 Å². The monoisotopic (exact) mass is 660 g/mol. The molecule has 2 N–H and O–H groups in total. The molecule has 3 fully saturated rings. The standard InChI is InChI=1S/C37H48N4O7/c1-36(2,3)48-31(42)17-23-12-8-6-5-7-9-13-26-18-37(26,35(45)46)39-33(43)32-28-22-40(20-25(28)21-41(32)34(23)44)19-24-16-30(47-4)38-29-15-11-10-14-27(24)29/h9-11,13-16,23,25-26,28,32H,5-8,12,17-22H2,1-4H3,(H,39,43)(H,45,46)/b13-9-/t23-,25-,26+,28-,32-,37+/m0/s1. The summed E-state index contributed by atoms with van der Waals surface area (Å²) in [7, 11) is 1.60. The first-order chi connectivity index (χ1) is 22.9. The van der Waals surface area contributed by atoms with Gasteiger partial charge in [0.2, 0.25) is 17.7 Å². The molecule has 0 spiro atoms. The number of likely N-dealkylation sites (tertiary alicyclic amines) is 1. The van der Waals surface area contributed by atoms with Gasteiger partial charge in [-0.25, -0.2) is 9.78 Å². The molecule has 3 aliphatic heterocycles. The Morgan fingerprint density at radius 3 is 2.65 bits per heavy atom. The molecule has 1 aromatic heterocycles. The maximum atomic E-state index is 14.4. The van der Waals surface area contributed by atoms with Crippen LogP contribution in [-0.2, 0) is 30.5 Å². The minimum Gasteiger partial charge on any atom is -0.481 e. The maximum absolute atomic E-state index is 14.4. The number of methoxy groups -OCH3 is 1. The number of aliphatic carboxylic acids is 1. The number of allylic oxidation sites excluding steroid dienone is 1. The van der Waals surface area contributed by atoms with E-state index in [-0.39, 0.29) is 30.1 Å². The molecule has 1 saturated carbocycles. The number of carbonyl (C=O) groups is 4. The minimum atomic E-state index is -1.37. The van der Waals surface area contributed by atoms with E-state index in [1.807, 2.05) is 42.5 Å². The fraction of sp³-hybridized carbons (Fsp3) is 0.595. The summed E-state index contributed by atoms with van der Waals surface area (Å²) in [4.78, 5) is 62.8. The third-order valence-electron chi connectivity index (χ3n) is 10.4. The highest BCUT2D eigenvalue weighted by atomic mass is 16.6. The Labute approximate surface area is 282 Å². The Morgan fingerprint density at radius 2 is 1.90 bits per heavy atom. The number of ether oxygens (including phenoxy) is 2. The largest absolute Gasteiger partial charge is 0.481 e. The van der Waals surface area contributed by atoms with Gasteiger partial charge in [0.15, 0.2) is 0 Å². The van der Waals surface area contributed by atoms with E-state index >= 15 is 0 Å². The zero-order valence-corrected chi connectivity index (χ0v) is 28.4. The molecule has 2 amide bonds. The summed E-state index contributed by atoms with van der Waals surface area (Å²) < 4.78 is 11.1. The summed E-state index contributed by atoms with van der Waals surface area (Å²) in [6.45, 7) is 7.62. The lowest BCUT2D eigenvalue weighted by atomic mass is 9.92. The first-order valence-corrected chi connectivity index (χ1v) is 17.3. The van der Waals surface area contributed by atoms with Gasteiger partial charge in [0.25, 0.3) is 0 Å². The highest BCUT2D eigenvalue weighted by Gasteiger charge is 2.62. The van der Waals surface area contributed by atoms with Crippen LogP contribution in [0.5, 0.6) is 5.88 Å². The lowest BCUT2D eigenvalue weighted by Gasteiger charge is -2.32. The first kappa shape index (κ1) is 33.9. The molecule has 2 saturated heterocycles. The predicted molar refractivity (Wildman–Crippen MR) is 179 cm³/mol. The molecule has 258 valence electrons. The van der Waals surface area contributed by atoms with Gasteiger partial charge in [-0.2, -0.15) is 0 Å². The van der Waals surface area contributed by atoms with Crippen LogP contribution in [0.2, 0.25) is 0 Å². The summed E-state index contributed by atoms with van der Waals surface area (Å²) in [6, 6.07) is 9.02. The first-order valence-electron chi connectivity index (χ1n) is 17.3. The lowest BCUT2D eigenvalue weighted by Crippen LogP contribution is -2.56. The highest BCUT2D eigenvalue weighted by Crippen LogP contribution is 2.46. The van der Waals surface area contributed by atoms with Crippen molar-refractivity contribution in [1.29, 1.82) is 0 Å². The number of hydrogen-bond donors (Lipinski definition) is 2. The van der Waals surface area contributed by atoms with E-state index in [2.05, 4.69) is 15.2 Å². The molecule has 11 nitrogen and oxygen atoms in total. The van der Waals surface area contributed by atoms with Crippen LogP contribution in [0.3, 0.4) is 0 Å². The fourth-order valence-electron chi connectivity index (χ4n) is 8.00. The normalized spacial score (nSPS) is 30.3. The van der Waals surface area contributed by atoms with Crippen molar-refractivity contribution in [3.8, 4) is 5.88 Å². The molecule has 48 heavy (non-hydrogen) atoms.